The van der Waals surface area contributed by atoms with Crippen LogP contribution in [-0.4, -0.2) is 5.38 Å². The lowest BCUT2D eigenvalue weighted by atomic mass is 10.0. The second-order valence-electron chi connectivity index (χ2n) is 4.45. The molecule has 0 radical (unpaired) electrons. The van der Waals surface area contributed by atoms with Crippen molar-refractivity contribution in [1.29, 1.82) is 0 Å². The Balaban J connectivity index is 1.82. The number of halogens is 2. The highest BCUT2D eigenvalue weighted by molar-refractivity contribution is 6.30. The van der Waals surface area contributed by atoms with E-state index < -0.39 is 0 Å². The van der Waals surface area contributed by atoms with Crippen LogP contribution in [0, 0.1) is 0 Å². The molecule has 0 fully saturated rings. The SMILES string of the molecule is Clc1ccc(CC(Cl)CCc2ccccc2)cc1. The van der Waals surface area contributed by atoms with Gasteiger partial charge in [0.1, 0.15) is 0 Å². The molecule has 18 heavy (non-hydrogen) atoms. The van der Waals surface area contributed by atoms with Crippen LogP contribution < -0.4 is 0 Å². The molecule has 0 nitrogen and oxygen atoms in total. The summed E-state index contributed by atoms with van der Waals surface area (Å²) in [6, 6.07) is 18.4. The van der Waals surface area contributed by atoms with E-state index in [-0.39, 0.29) is 5.38 Å². The van der Waals surface area contributed by atoms with Crippen LogP contribution in [0.1, 0.15) is 17.5 Å². The Morgan fingerprint density at radius 1 is 0.833 bits per heavy atom. The molecule has 2 heteroatoms. The molecule has 1 atom stereocenters. The van der Waals surface area contributed by atoms with Crippen molar-refractivity contribution in [2.45, 2.75) is 24.6 Å². The molecule has 0 spiro atoms. The second-order valence-corrected chi connectivity index (χ2v) is 5.51. The standard InChI is InChI=1S/C16H16Cl2/c17-15-9-7-14(8-10-15)12-16(18)11-6-13-4-2-1-3-5-13/h1-5,7-10,16H,6,11-12H2. The summed E-state index contributed by atoms with van der Waals surface area (Å²) in [6.45, 7) is 0. The number of hydrogen-bond acceptors (Lipinski definition) is 0. The van der Waals surface area contributed by atoms with E-state index in [4.69, 9.17) is 23.2 Å². The Labute approximate surface area is 119 Å². The average Bonchev–Trinajstić information content (AvgIpc) is 2.40. The van der Waals surface area contributed by atoms with Crippen molar-refractivity contribution in [1.82, 2.24) is 0 Å². The first-order chi connectivity index (χ1) is 8.74. The molecule has 94 valence electrons. The normalized spacial score (nSPS) is 12.3. The van der Waals surface area contributed by atoms with Gasteiger partial charge in [0.25, 0.3) is 0 Å². The Hall–Kier alpha value is -0.980. The number of rotatable bonds is 5. The number of hydrogen-bond donors (Lipinski definition) is 0. The largest absolute Gasteiger partial charge is 0.123 e. The van der Waals surface area contributed by atoms with Crippen molar-refractivity contribution in [2.24, 2.45) is 0 Å². The van der Waals surface area contributed by atoms with Crippen molar-refractivity contribution in [2.75, 3.05) is 0 Å². The Morgan fingerprint density at radius 3 is 2.17 bits per heavy atom. The molecule has 1 unspecified atom stereocenters. The summed E-state index contributed by atoms with van der Waals surface area (Å²) in [5.74, 6) is 0. The fourth-order valence-electron chi connectivity index (χ4n) is 1.95. The predicted octanol–water partition coefficient (Wildman–Crippen LogP) is 5.12. The molecule has 0 saturated carbocycles. The lowest BCUT2D eigenvalue weighted by Crippen LogP contribution is -2.05. The minimum atomic E-state index is 0.173. The van der Waals surface area contributed by atoms with Crippen LogP contribution >= 0.6 is 23.2 Å². The van der Waals surface area contributed by atoms with Gasteiger partial charge in [0.2, 0.25) is 0 Å². The Kier molecular flexibility index (Phi) is 5.10. The van der Waals surface area contributed by atoms with Crippen molar-refractivity contribution in [3.63, 3.8) is 0 Å². The van der Waals surface area contributed by atoms with Crippen LogP contribution in [-0.2, 0) is 12.8 Å². The third kappa shape index (κ3) is 4.36. The van der Waals surface area contributed by atoms with Crippen LogP contribution in [0.15, 0.2) is 54.6 Å². The lowest BCUT2D eigenvalue weighted by Gasteiger charge is -2.09. The quantitative estimate of drug-likeness (QED) is 0.666. The zero-order valence-electron chi connectivity index (χ0n) is 10.2. The molecule has 2 rings (SSSR count). The maximum absolute atomic E-state index is 6.37. The van der Waals surface area contributed by atoms with Crippen LogP contribution in [0.4, 0.5) is 0 Å². The minimum Gasteiger partial charge on any atom is -0.123 e. The first-order valence-electron chi connectivity index (χ1n) is 6.16. The molecule has 0 aromatic heterocycles. The zero-order chi connectivity index (χ0) is 12.8. The summed E-state index contributed by atoms with van der Waals surface area (Å²) in [7, 11) is 0. The van der Waals surface area contributed by atoms with Crippen LogP contribution in [0.3, 0.4) is 0 Å². The van der Waals surface area contributed by atoms with E-state index in [9.17, 15) is 0 Å². The smallest absolute Gasteiger partial charge is 0.0406 e. The van der Waals surface area contributed by atoms with Crippen LogP contribution in [0.2, 0.25) is 5.02 Å². The van der Waals surface area contributed by atoms with Crippen molar-refractivity contribution in [3.05, 3.63) is 70.7 Å². The van der Waals surface area contributed by atoms with Gasteiger partial charge in [-0.15, -0.1) is 11.6 Å². The van der Waals surface area contributed by atoms with E-state index in [0.29, 0.717) is 0 Å². The summed E-state index contributed by atoms with van der Waals surface area (Å²) in [5.41, 5.74) is 2.59. The molecule has 0 saturated heterocycles. The van der Waals surface area contributed by atoms with Gasteiger partial charge in [0, 0.05) is 10.4 Å². The van der Waals surface area contributed by atoms with E-state index in [2.05, 4.69) is 24.3 Å². The molecular formula is C16H16Cl2. The molecule has 0 aliphatic carbocycles. The topological polar surface area (TPSA) is 0 Å². The van der Waals surface area contributed by atoms with E-state index in [0.717, 1.165) is 24.3 Å². The van der Waals surface area contributed by atoms with Gasteiger partial charge in [-0.2, -0.15) is 0 Å². The average molecular weight is 279 g/mol. The van der Waals surface area contributed by atoms with E-state index in [1.807, 2.05) is 30.3 Å². The molecule has 2 aromatic rings. The van der Waals surface area contributed by atoms with Gasteiger partial charge < -0.3 is 0 Å². The third-order valence-electron chi connectivity index (χ3n) is 2.96. The first-order valence-corrected chi connectivity index (χ1v) is 6.98. The van der Waals surface area contributed by atoms with Gasteiger partial charge in [0.05, 0.1) is 0 Å². The van der Waals surface area contributed by atoms with Crippen molar-refractivity contribution >= 4 is 23.2 Å². The van der Waals surface area contributed by atoms with Gasteiger partial charge >= 0.3 is 0 Å². The molecule has 0 bridgehead atoms. The highest BCUT2D eigenvalue weighted by Crippen LogP contribution is 2.16. The summed E-state index contributed by atoms with van der Waals surface area (Å²) in [4.78, 5) is 0. The summed E-state index contributed by atoms with van der Waals surface area (Å²) >= 11 is 12.2. The first kappa shape index (κ1) is 13.5. The molecule has 2 aromatic carbocycles. The van der Waals surface area contributed by atoms with Gasteiger partial charge in [0.15, 0.2) is 0 Å². The number of aryl methyl sites for hydroxylation is 1. The summed E-state index contributed by atoms with van der Waals surface area (Å²) < 4.78 is 0. The van der Waals surface area contributed by atoms with Gasteiger partial charge in [-0.1, -0.05) is 54.1 Å². The number of benzene rings is 2. The predicted molar refractivity (Wildman–Crippen MR) is 79.6 cm³/mol. The molecule has 0 aliphatic heterocycles. The summed E-state index contributed by atoms with van der Waals surface area (Å²) in [6.07, 6.45) is 2.92. The minimum absolute atomic E-state index is 0.173. The second kappa shape index (κ2) is 6.82. The monoisotopic (exact) mass is 278 g/mol. The van der Waals surface area contributed by atoms with E-state index in [1.165, 1.54) is 11.1 Å². The van der Waals surface area contributed by atoms with Crippen LogP contribution in [0.25, 0.3) is 0 Å². The zero-order valence-corrected chi connectivity index (χ0v) is 11.7. The van der Waals surface area contributed by atoms with Crippen LogP contribution in [0.5, 0.6) is 0 Å². The van der Waals surface area contributed by atoms with Gasteiger partial charge in [-0.3, -0.25) is 0 Å². The molecule has 0 amide bonds. The van der Waals surface area contributed by atoms with Gasteiger partial charge in [-0.25, -0.2) is 0 Å². The highest BCUT2D eigenvalue weighted by Gasteiger charge is 2.06. The van der Waals surface area contributed by atoms with Crippen molar-refractivity contribution < 1.29 is 0 Å². The number of alkyl halides is 1. The maximum atomic E-state index is 6.37. The van der Waals surface area contributed by atoms with Crippen molar-refractivity contribution in [3.8, 4) is 0 Å². The third-order valence-corrected chi connectivity index (χ3v) is 3.58. The lowest BCUT2D eigenvalue weighted by molar-refractivity contribution is 0.743. The van der Waals surface area contributed by atoms with E-state index >= 15 is 0 Å². The molecule has 0 heterocycles. The van der Waals surface area contributed by atoms with E-state index in [1.54, 1.807) is 0 Å². The Morgan fingerprint density at radius 2 is 1.50 bits per heavy atom. The van der Waals surface area contributed by atoms with Gasteiger partial charge in [-0.05, 0) is 42.5 Å². The molecule has 0 aliphatic rings. The fraction of sp³-hybridized carbons (Fsp3) is 0.250. The maximum Gasteiger partial charge on any atom is 0.0406 e. The Bertz CT molecular complexity index is 462. The molecular weight excluding hydrogens is 263 g/mol. The summed E-state index contributed by atoms with van der Waals surface area (Å²) in [5, 5.41) is 0.945. The highest BCUT2D eigenvalue weighted by atomic mass is 35.5. The molecule has 0 N–H and O–H groups in total. The fourth-order valence-corrected chi connectivity index (χ4v) is 2.36.